The summed E-state index contributed by atoms with van der Waals surface area (Å²) in [5.74, 6) is -0.780. The summed E-state index contributed by atoms with van der Waals surface area (Å²) >= 11 is 6.12. The first kappa shape index (κ1) is 17.2. The number of nitrogens with one attached hydrogen (secondary N) is 1. The topological polar surface area (TPSA) is 105 Å². The molecule has 0 atom stereocenters. The quantitative estimate of drug-likeness (QED) is 0.399. The number of nitrogens with zero attached hydrogens (tertiary/aromatic N) is 2. The molecule has 27 heavy (non-hydrogen) atoms. The summed E-state index contributed by atoms with van der Waals surface area (Å²) in [6.45, 7) is 0. The van der Waals surface area contributed by atoms with Crippen molar-refractivity contribution in [2.75, 3.05) is 5.32 Å². The summed E-state index contributed by atoms with van der Waals surface area (Å²) in [5, 5.41) is 24.6. The molecule has 7 nitrogen and oxygen atoms in total. The molecule has 1 amide bonds. The van der Waals surface area contributed by atoms with Gasteiger partial charge < -0.3 is 10.4 Å². The summed E-state index contributed by atoms with van der Waals surface area (Å²) in [7, 11) is 0. The van der Waals surface area contributed by atoms with Gasteiger partial charge in [0.25, 0.3) is 11.6 Å². The number of benzene rings is 2. The van der Waals surface area contributed by atoms with E-state index >= 15 is 0 Å². The number of anilines is 1. The van der Waals surface area contributed by atoms with Gasteiger partial charge in [0, 0.05) is 22.2 Å². The van der Waals surface area contributed by atoms with Crippen LogP contribution in [0.2, 0.25) is 5.02 Å². The number of fused-ring (bicyclic) bond motifs is 2. The highest BCUT2D eigenvalue weighted by atomic mass is 35.5. The van der Waals surface area contributed by atoms with E-state index in [9.17, 15) is 20.0 Å². The standard InChI is InChI=1S/C19H14ClN3O4/c20-10-4-6-15-13(8-10)18(12-2-1-3-14(12)21-15)19(25)22-16-7-5-11(23(26)27)9-17(16)24/h4-9,24H,1-3H2,(H,22,25). The minimum atomic E-state index is -0.615. The van der Waals surface area contributed by atoms with Crippen LogP contribution in [0.3, 0.4) is 0 Å². The van der Waals surface area contributed by atoms with Crippen LogP contribution in [0.25, 0.3) is 10.9 Å². The Hall–Kier alpha value is -3.19. The fraction of sp³-hybridized carbons (Fsp3) is 0.158. The molecule has 0 bridgehead atoms. The molecule has 1 aromatic heterocycles. The third kappa shape index (κ3) is 3.06. The molecule has 2 N–H and O–H groups in total. The van der Waals surface area contributed by atoms with Crippen molar-refractivity contribution in [2.45, 2.75) is 19.3 Å². The Bertz CT molecular complexity index is 1110. The second kappa shape index (κ2) is 6.51. The number of halogens is 1. The number of carbonyl (C=O) groups excluding carboxylic acids is 1. The highest BCUT2D eigenvalue weighted by Gasteiger charge is 2.24. The van der Waals surface area contributed by atoms with Crippen molar-refractivity contribution >= 4 is 39.8 Å². The van der Waals surface area contributed by atoms with E-state index in [0.29, 0.717) is 21.5 Å². The molecule has 0 radical (unpaired) electrons. The zero-order valence-electron chi connectivity index (χ0n) is 14.0. The zero-order valence-corrected chi connectivity index (χ0v) is 14.8. The van der Waals surface area contributed by atoms with Gasteiger partial charge in [0.1, 0.15) is 5.75 Å². The predicted octanol–water partition coefficient (Wildman–Crippen LogP) is 4.24. The number of phenols is 1. The third-order valence-electron chi connectivity index (χ3n) is 4.64. The summed E-state index contributed by atoms with van der Waals surface area (Å²) < 4.78 is 0. The molecule has 0 fully saturated rings. The van der Waals surface area contributed by atoms with Crippen molar-refractivity contribution < 1.29 is 14.8 Å². The van der Waals surface area contributed by atoms with Crippen molar-refractivity contribution in [3.05, 3.63) is 68.4 Å². The molecule has 0 saturated heterocycles. The summed E-state index contributed by atoms with van der Waals surface area (Å²) in [5.41, 5.74) is 2.77. The molecule has 0 spiro atoms. The first-order valence-corrected chi connectivity index (χ1v) is 8.71. The smallest absolute Gasteiger partial charge is 0.273 e. The molecule has 136 valence electrons. The lowest BCUT2D eigenvalue weighted by molar-refractivity contribution is -0.384. The van der Waals surface area contributed by atoms with Gasteiger partial charge in [-0.1, -0.05) is 11.6 Å². The number of phenolic OH excluding ortho intramolecular Hbond substituents is 1. The molecular weight excluding hydrogens is 370 g/mol. The van der Waals surface area contributed by atoms with E-state index in [1.54, 1.807) is 18.2 Å². The first-order chi connectivity index (χ1) is 12.9. The Labute approximate surface area is 158 Å². The summed E-state index contributed by atoms with van der Waals surface area (Å²) in [4.78, 5) is 27.9. The molecular formula is C19H14ClN3O4. The van der Waals surface area contributed by atoms with Crippen LogP contribution in [0.15, 0.2) is 36.4 Å². The number of aromatic nitrogens is 1. The molecule has 0 saturated carbocycles. The fourth-order valence-electron chi connectivity index (χ4n) is 3.42. The average Bonchev–Trinajstić information content (AvgIpc) is 3.09. The van der Waals surface area contributed by atoms with Gasteiger partial charge in [-0.15, -0.1) is 0 Å². The van der Waals surface area contributed by atoms with E-state index in [4.69, 9.17) is 11.6 Å². The van der Waals surface area contributed by atoms with E-state index in [2.05, 4.69) is 10.3 Å². The van der Waals surface area contributed by atoms with Crippen molar-refractivity contribution in [3.63, 3.8) is 0 Å². The number of amides is 1. The molecule has 3 aromatic rings. The molecule has 0 aliphatic heterocycles. The monoisotopic (exact) mass is 383 g/mol. The molecule has 1 heterocycles. The lowest BCUT2D eigenvalue weighted by atomic mass is 10.0. The van der Waals surface area contributed by atoms with Crippen LogP contribution in [0.5, 0.6) is 5.75 Å². The lowest BCUT2D eigenvalue weighted by Crippen LogP contribution is -2.16. The van der Waals surface area contributed by atoms with E-state index in [0.717, 1.165) is 36.6 Å². The van der Waals surface area contributed by atoms with Gasteiger partial charge in [-0.05, 0) is 49.1 Å². The fourth-order valence-corrected chi connectivity index (χ4v) is 3.59. The van der Waals surface area contributed by atoms with Gasteiger partial charge in [-0.3, -0.25) is 19.9 Å². The number of rotatable bonds is 3. The Kier molecular flexibility index (Phi) is 4.16. The zero-order chi connectivity index (χ0) is 19.1. The molecule has 8 heteroatoms. The molecule has 1 aliphatic carbocycles. The Morgan fingerprint density at radius 1 is 1.22 bits per heavy atom. The number of pyridine rings is 1. The van der Waals surface area contributed by atoms with Crippen LogP contribution >= 0.6 is 11.6 Å². The van der Waals surface area contributed by atoms with E-state index in [1.165, 1.54) is 12.1 Å². The molecule has 4 rings (SSSR count). The van der Waals surface area contributed by atoms with Crippen LogP contribution in [0, 0.1) is 10.1 Å². The van der Waals surface area contributed by atoms with Gasteiger partial charge in [0.05, 0.1) is 27.8 Å². The number of aryl methyl sites for hydroxylation is 1. The number of carbonyl (C=O) groups is 1. The lowest BCUT2D eigenvalue weighted by Gasteiger charge is -2.13. The molecule has 1 aliphatic rings. The van der Waals surface area contributed by atoms with Gasteiger partial charge >= 0.3 is 0 Å². The maximum atomic E-state index is 13.0. The maximum absolute atomic E-state index is 13.0. The van der Waals surface area contributed by atoms with Crippen molar-refractivity contribution in [2.24, 2.45) is 0 Å². The summed E-state index contributed by atoms with van der Waals surface area (Å²) in [6, 6.07) is 8.73. The first-order valence-electron chi connectivity index (χ1n) is 8.34. The maximum Gasteiger partial charge on any atom is 0.273 e. The number of nitro benzene ring substituents is 1. The minimum Gasteiger partial charge on any atom is -0.506 e. The minimum absolute atomic E-state index is 0.101. The second-order valence-corrected chi connectivity index (χ2v) is 6.78. The van der Waals surface area contributed by atoms with E-state index < -0.39 is 10.8 Å². The highest BCUT2D eigenvalue weighted by Crippen LogP contribution is 2.33. The Morgan fingerprint density at radius 2 is 2.04 bits per heavy atom. The third-order valence-corrected chi connectivity index (χ3v) is 4.88. The number of aromatic hydroxyl groups is 1. The normalized spacial score (nSPS) is 12.8. The predicted molar refractivity (Wildman–Crippen MR) is 101 cm³/mol. The van der Waals surface area contributed by atoms with Crippen molar-refractivity contribution in [3.8, 4) is 5.75 Å². The molecule has 2 aromatic carbocycles. The Balaban J connectivity index is 1.79. The van der Waals surface area contributed by atoms with Gasteiger partial charge in [-0.2, -0.15) is 0 Å². The van der Waals surface area contributed by atoms with Crippen molar-refractivity contribution in [1.82, 2.24) is 4.98 Å². The van der Waals surface area contributed by atoms with E-state index in [-0.39, 0.29) is 17.1 Å². The van der Waals surface area contributed by atoms with Crippen LogP contribution in [0.1, 0.15) is 28.0 Å². The highest BCUT2D eigenvalue weighted by molar-refractivity contribution is 6.31. The van der Waals surface area contributed by atoms with Gasteiger partial charge in [0.2, 0.25) is 0 Å². The van der Waals surface area contributed by atoms with Gasteiger partial charge in [0.15, 0.2) is 0 Å². The van der Waals surface area contributed by atoms with E-state index in [1.807, 2.05) is 0 Å². The number of nitro groups is 1. The van der Waals surface area contributed by atoms with Gasteiger partial charge in [-0.25, -0.2) is 0 Å². The van der Waals surface area contributed by atoms with Crippen LogP contribution in [-0.2, 0) is 12.8 Å². The average molecular weight is 384 g/mol. The molecule has 0 unspecified atom stereocenters. The van der Waals surface area contributed by atoms with Crippen LogP contribution < -0.4 is 5.32 Å². The SMILES string of the molecule is O=C(Nc1ccc([N+](=O)[O-])cc1O)c1c2c(nc3ccc(Cl)cc13)CCC2. The Morgan fingerprint density at radius 3 is 2.78 bits per heavy atom. The summed E-state index contributed by atoms with van der Waals surface area (Å²) in [6.07, 6.45) is 2.45. The largest absolute Gasteiger partial charge is 0.506 e. The number of non-ortho nitro benzene ring substituents is 1. The van der Waals surface area contributed by atoms with Crippen molar-refractivity contribution in [1.29, 1.82) is 0 Å². The second-order valence-electron chi connectivity index (χ2n) is 6.34. The number of hydrogen-bond donors (Lipinski definition) is 2. The number of hydrogen-bond acceptors (Lipinski definition) is 5. The van der Waals surface area contributed by atoms with Crippen LogP contribution in [0.4, 0.5) is 11.4 Å². The van der Waals surface area contributed by atoms with Crippen LogP contribution in [-0.4, -0.2) is 20.9 Å².